The molecule has 0 heterocycles. The van der Waals surface area contributed by atoms with Crippen LogP contribution in [0.25, 0.3) is 0 Å². The fourth-order valence-corrected chi connectivity index (χ4v) is 2.33. The number of hydrogen-bond acceptors (Lipinski definition) is 1. The van der Waals surface area contributed by atoms with Crippen molar-refractivity contribution in [1.29, 1.82) is 0 Å². The molecule has 2 heteroatoms. The Morgan fingerprint density at radius 3 is 2.65 bits per heavy atom. The van der Waals surface area contributed by atoms with Gasteiger partial charge in [-0.2, -0.15) is 0 Å². The van der Waals surface area contributed by atoms with Gasteiger partial charge < -0.3 is 4.74 Å². The second-order valence-corrected chi connectivity index (χ2v) is 4.95. The van der Waals surface area contributed by atoms with Crippen molar-refractivity contribution in [3.63, 3.8) is 0 Å². The molecule has 0 aliphatic rings. The van der Waals surface area contributed by atoms with Gasteiger partial charge in [0.2, 0.25) is 0 Å². The van der Waals surface area contributed by atoms with Crippen LogP contribution in [0.5, 0.6) is 0 Å². The quantitative estimate of drug-likeness (QED) is 0.499. The van der Waals surface area contributed by atoms with Crippen LogP contribution < -0.4 is 0 Å². The molecule has 0 bridgehead atoms. The van der Waals surface area contributed by atoms with Crippen LogP contribution in [0.15, 0.2) is 24.3 Å². The number of alkyl halides is 1. The zero-order valence-corrected chi connectivity index (χ0v) is 11.7. The Labute approximate surface area is 110 Å². The molecule has 0 radical (unpaired) electrons. The molecule has 0 aliphatic heterocycles. The molecule has 1 rings (SSSR count). The highest BCUT2D eigenvalue weighted by Gasteiger charge is 2.09. The molecule has 1 nitrogen and oxygen atoms in total. The highest BCUT2D eigenvalue weighted by molar-refractivity contribution is 6.18. The van der Waals surface area contributed by atoms with Crippen molar-refractivity contribution >= 4 is 11.6 Å². The van der Waals surface area contributed by atoms with Gasteiger partial charge >= 0.3 is 0 Å². The van der Waals surface area contributed by atoms with Gasteiger partial charge in [0, 0.05) is 19.6 Å². The third kappa shape index (κ3) is 5.56. The Morgan fingerprint density at radius 1 is 1.24 bits per heavy atom. The summed E-state index contributed by atoms with van der Waals surface area (Å²) >= 11 is 6.05. The summed E-state index contributed by atoms with van der Waals surface area (Å²) in [6, 6.07) is 8.58. The minimum absolute atomic E-state index is 0.592. The normalized spacial score (nSPS) is 12.6. The number of rotatable bonds is 8. The Balaban J connectivity index is 2.38. The maximum Gasteiger partial charge on any atom is 0.0462 e. The van der Waals surface area contributed by atoms with E-state index < -0.39 is 0 Å². The topological polar surface area (TPSA) is 9.23 Å². The maximum absolute atomic E-state index is 6.05. The predicted octanol–water partition coefficient (Wildman–Crippen LogP) is 4.21. The molecule has 1 aromatic carbocycles. The molecule has 1 aromatic rings. The van der Waals surface area contributed by atoms with E-state index in [1.807, 2.05) is 0 Å². The number of aryl methyl sites for hydroxylation is 1. The standard InChI is InChI=1S/C15H23ClO/c1-13-7-3-4-9-15(13)11-14(12-16)8-5-6-10-17-2/h3-4,7,9,14H,5-6,8,10-12H2,1-2H3. The summed E-state index contributed by atoms with van der Waals surface area (Å²) in [4.78, 5) is 0. The van der Waals surface area contributed by atoms with Gasteiger partial charge in [-0.05, 0) is 43.2 Å². The van der Waals surface area contributed by atoms with E-state index >= 15 is 0 Å². The lowest BCUT2D eigenvalue weighted by Gasteiger charge is -2.15. The number of methoxy groups -OCH3 is 1. The molecule has 1 unspecified atom stereocenters. The van der Waals surface area contributed by atoms with Crippen LogP contribution in [0.2, 0.25) is 0 Å². The second kappa shape index (κ2) is 8.54. The molecular weight excluding hydrogens is 232 g/mol. The van der Waals surface area contributed by atoms with Gasteiger partial charge in [-0.15, -0.1) is 11.6 Å². The van der Waals surface area contributed by atoms with Gasteiger partial charge in [-0.25, -0.2) is 0 Å². The van der Waals surface area contributed by atoms with E-state index in [4.69, 9.17) is 16.3 Å². The van der Waals surface area contributed by atoms with Gasteiger partial charge in [-0.1, -0.05) is 30.7 Å². The van der Waals surface area contributed by atoms with Crippen molar-refractivity contribution < 1.29 is 4.74 Å². The van der Waals surface area contributed by atoms with Crippen molar-refractivity contribution in [2.75, 3.05) is 19.6 Å². The predicted molar refractivity (Wildman–Crippen MR) is 74.8 cm³/mol. The first kappa shape index (κ1) is 14.5. The van der Waals surface area contributed by atoms with E-state index in [1.165, 1.54) is 24.0 Å². The summed E-state index contributed by atoms with van der Waals surface area (Å²) in [5, 5.41) is 0. The van der Waals surface area contributed by atoms with Crippen LogP contribution in [0.3, 0.4) is 0 Å². The summed E-state index contributed by atoms with van der Waals surface area (Å²) in [5.74, 6) is 1.34. The van der Waals surface area contributed by atoms with Crippen molar-refractivity contribution in [3.05, 3.63) is 35.4 Å². The lowest BCUT2D eigenvalue weighted by atomic mass is 9.93. The van der Waals surface area contributed by atoms with E-state index in [0.717, 1.165) is 25.3 Å². The summed E-state index contributed by atoms with van der Waals surface area (Å²) < 4.78 is 5.06. The first-order chi connectivity index (χ1) is 8.27. The smallest absolute Gasteiger partial charge is 0.0462 e. The van der Waals surface area contributed by atoms with Gasteiger partial charge in [0.25, 0.3) is 0 Å². The van der Waals surface area contributed by atoms with E-state index in [2.05, 4.69) is 31.2 Å². The van der Waals surface area contributed by atoms with Crippen molar-refractivity contribution in [2.24, 2.45) is 5.92 Å². The Morgan fingerprint density at radius 2 is 2.00 bits per heavy atom. The third-order valence-corrected chi connectivity index (χ3v) is 3.64. The molecule has 0 aliphatic carbocycles. The molecule has 0 saturated heterocycles. The van der Waals surface area contributed by atoms with Gasteiger partial charge in [0.15, 0.2) is 0 Å². The number of hydrogen-bond donors (Lipinski definition) is 0. The third-order valence-electron chi connectivity index (χ3n) is 3.20. The van der Waals surface area contributed by atoms with E-state index in [1.54, 1.807) is 7.11 Å². The minimum Gasteiger partial charge on any atom is -0.385 e. The van der Waals surface area contributed by atoms with Crippen LogP contribution >= 0.6 is 11.6 Å². The zero-order chi connectivity index (χ0) is 12.5. The number of unbranched alkanes of at least 4 members (excludes halogenated alkanes) is 1. The number of ether oxygens (including phenoxy) is 1. The lowest BCUT2D eigenvalue weighted by molar-refractivity contribution is 0.190. The van der Waals surface area contributed by atoms with E-state index in [0.29, 0.717) is 5.92 Å². The van der Waals surface area contributed by atoms with E-state index in [-0.39, 0.29) is 0 Å². The molecule has 0 N–H and O–H groups in total. The average Bonchev–Trinajstić information content (AvgIpc) is 2.35. The molecule has 17 heavy (non-hydrogen) atoms. The van der Waals surface area contributed by atoms with Crippen LogP contribution in [-0.4, -0.2) is 19.6 Å². The Kier molecular flexibility index (Phi) is 7.30. The molecular formula is C15H23ClO. The van der Waals surface area contributed by atoms with Crippen molar-refractivity contribution in [2.45, 2.75) is 32.6 Å². The average molecular weight is 255 g/mol. The second-order valence-electron chi connectivity index (χ2n) is 4.64. The molecule has 0 spiro atoms. The fourth-order valence-electron chi connectivity index (χ4n) is 2.06. The van der Waals surface area contributed by atoms with Crippen molar-refractivity contribution in [1.82, 2.24) is 0 Å². The van der Waals surface area contributed by atoms with Gasteiger partial charge in [0.1, 0.15) is 0 Å². The van der Waals surface area contributed by atoms with Crippen LogP contribution in [0.4, 0.5) is 0 Å². The first-order valence-corrected chi connectivity index (χ1v) is 6.90. The van der Waals surface area contributed by atoms with Crippen LogP contribution in [0, 0.1) is 12.8 Å². The van der Waals surface area contributed by atoms with Crippen molar-refractivity contribution in [3.8, 4) is 0 Å². The van der Waals surface area contributed by atoms with Gasteiger partial charge in [-0.3, -0.25) is 0 Å². The monoisotopic (exact) mass is 254 g/mol. The first-order valence-electron chi connectivity index (χ1n) is 6.37. The van der Waals surface area contributed by atoms with Crippen LogP contribution in [-0.2, 0) is 11.2 Å². The molecule has 0 saturated carbocycles. The summed E-state index contributed by atoms with van der Waals surface area (Å²) in [7, 11) is 1.76. The highest BCUT2D eigenvalue weighted by atomic mass is 35.5. The molecule has 0 aromatic heterocycles. The fraction of sp³-hybridized carbons (Fsp3) is 0.600. The van der Waals surface area contributed by atoms with E-state index in [9.17, 15) is 0 Å². The number of halogens is 1. The highest BCUT2D eigenvalue weighted by Crippen LogP contribution is 2.19. The van der Waals surface area contributed by atoms with Gasteiger partial charge in [0.05, 0.1) is 0 Å². The van der Waals surface area contributed by atoms with Crippen LogP contribution in [0.1, 0.15) is 30.4 Å². The largest absolute Gasteiger partial charge is 0.385 e. The Bertz CT molecular complexity index is 312. The summed E-state index contributed by atoms with van der Waals surface area (Å²) in [6.45, 7) is 3.03. The SMILES string of the molecule is COCCCCC(CCl)Cc1ccccc1C. The number of benzene rings is 1. The zero-order valence-electron chi connectivity index (χ0n) is 10.9. The summed E-state index contributed by atoms with van der Waals surface area (Å²) in [5.41, 5.74) is 2.81. The molecule has 0 amide bonds. The maximum atomic E-state index is 6.05. The molecule has 0 fully saturated rings. The molecule has 96 valence electrons. The Hall–Kier alpha value is -0.530. The molecule has 1 atom stereocenters. The lowest BCUT2D eigenvalue weighted by Crippen LogP contribution is -2.08. The minimum atomic E-state index is 0.592. The summed E-state index contributed by atoms with van der Waals surface area (Å²) in [6.07, 6.45) is 4.64.